The van der Waals surface area contributed by atoms with Crippen molar-refractivity contribution in [3.63, 3.8) is 0 Å². The van der Waals surface area contributed by atoms with E-state index >= 15 is 0 Å². The van der Waals surface area contributed by atoms with Crippen LogP contribution in [0.25, 0.3) is 0 Å². The lowest BCUT2D eigenvalue weighted by Crippen LogP contribution is -2.42. The zero-order valence-electron chi connectivity index (χ0n) is 7.89. The summed E-state index contributed by atoms with van der Waals surface area (Å²) >= 11 is 10.7. The fraction of sp³-hybridized carbons (Fsp3) is 0.111. The molecule has 16 heavy (non-hydrogen) atoms. The van der Waals surface area contributed by atoms with Crippen molar-refractivity contribution in [2.24, 2.45) is 0 Å². The monoisotopic (exact) mass is 264 g/mol. The van der Waals surface area contributed by atoms with Crippen LogP contribution in [0.1, 0.15) is 10.4 Å². The standard InChI is InChI=1S/C9H7Cl2FN2O2/c10-4-8(15)13-14-9(16)6-2-1-5(11)3-7(6)12/h1-3H,4H2,(H,13,15)(H,14,16). The summed E-state index contributed by atoms with van der Waals surface area (Å²) in [5, 5.41) is 0.179. The average molecular weight is 265 g/mol. The second-order valence-corrected chi connectivity index (χ2v) is 3.46. The lowest BCUT2D eigenvalue weighted by Gasteiger charge is -2.06. The summed E-state index contributed by atoms with van der Waals surface area (Å²) in [6.07, 6.45) is 0. The van der Waals surface area contributed by atoms with Crippen molar-refractivity contribution in [3.05, 3.63) is 34.6 Å². The number of amides is 2. The molecule has 0 saturated heterocycles. The van der Waals surface area contributed by atoms with Crippen molar-refractivity contribution in [3.8, 4) is 0 Å². The molecule has 0 aliphatic rings. The summed E-state index contributed by atoms with van der Waals surface area (Å²) in [5.74, 6) is -2.45. The Balaban J connectivity index is 2.70. The Labute approximate surface area is 101 Å². The van der Waals surface area contributed by atoms with Crippen LogP contribution >= 0.6 is 23.2 Å². The van der Waals surface area contributed by atoms with E-state index in [-0.39, 0.29) is 16.5 Å². The fourth-order valence-corrected chi connectivity index (χ4v) is 1.13. The van der Waals surface area contributed by atoms with Gasteiger partial charge in [-0.2, -0.15) is 0 Å². The zero-order valence-corrected chi connectivity index (χ0v) is 9.40. The highest BCUT2D eigenvalue weighted by atomic mass is 35.5. The highest BCUT2D eigenvalue weighted by Crippen LogP contribution is 2.14. The maximum Gasteiger partial charge on any atom is 0.272 e. The van der Waals surface area contributed by atoms with Gasteiger partial charge in [0, 0.05) is 5.02 Å². The summed E-state index contributed by atoms with van der Waals surface area (Å²) in [7, 11) is 0. The van der Waals surface area contributed by atoms with E-state index in [1.54, 1.807) is 0 Å². The number of benzene rings is 1. The van der Waals surface area contributed by atoms with Crippen molar-refractivity contribution < 1.29 is 14.0 Å². The van der Waals surface area contributed by atoms with Crippen molar-refractivity contribution in [2.45, 2.75) is 0 Å². The highest BCUT2D eigenvalue weighted by molar-refractivity contribution is 6.30. The second kappa shape index (κ2) is 5.67. The highest BCUT2D eigenvalue weighted by Gasteiger charge is 2.12. The van der Waals surface area contributed by atoms with Crippen LogP contribution in [-0.4, -0.2) is 17.7 Å². The lowest BCUT2D eigenvalue weighted by molar-refractivity contribution is -0.119. The maximum atomic E-state index is 13.2. The van der Waals surface area contributed by atoms with Gasteiger partial charge in [-0.3, -0.25) is 20.4 Å². The van der Waals surface area contributed by atoms with Crippen LogP contribution in [0.15, 0.2) is 18.2 Å². The topological polar surface area (TPSA) is 58.2 Å². The molecule has 1 aromatic carbocycles. The van der Waals surface area contributed by atoms with E-state index in [4.69, 9.17) is 23.2 Å². The number of carbonyl (C=O) groups is 2. The van der Waals surface area contributed by atoms with E-state index in [1.807, 2.05) is 10.9 Å². The molecule has 0 heterocycles. The number of nitrogens with one attached hydrogen (secondary N) is 2. The molecule has 0 atom stereocenters. The van der Waals surface area contributed by atoms with E-state index in [0.29, 0.717) is 0 Å². The summed E-state index contributed by atoms with van der Waals surface area (Å²) in [4.78, 5) is 22.1. The van der Waals surface area contributed by atoms with E-state index in [0.717, 1.165) is 6.07 Å². The lowest BCUT2D eigenvalue weighted by atomic mass is 10.2. The predicted octanol–water partition coefficient (Wildman–Crippen LogP) is 1.48. The first-order valence-corrected chi connectivity index (χ1v) is 5.06. The summed E-state index contributed by atoms with van der Waals surface area (Å²) in [6.45, 7) is 0. The van der Waals surface area contributed by atoms with Crippen molar-refractivity contribution >= 4 is 35.0 Å². The Hall–Kier alpha value is -1.33. The molecule has 0 fully saturated rings. The van der Waals surface area contributed by atoms with Gasteiger partial charge in [0.1, 0.15) is 11.7 Å². The first kappa shape index (κ1) is 12.7. The van der Waals surface area contributed by atoms with Crippen LogP contribution in [-0.2, 0) is 4.79 Å². The number of alkyl halides is 1. The quantitative estimate of drug-likeness (QED) is 0.628. The van der Waals surface area contributed by atoms with Gasteiger partial charge in [0.15, 0.2) is 0 Å². The maximum absolute atomic E-state index is 13.2. The normalized spacial score (nSPS) is 9.69. The van der Waals surface area contributed by atoms with Crippen LogP contribution in [0.4, 0.5) is 4.39 Å². The van der Waals surface area contributed by atoms with E-state index in [2.05, 4.69) is 0 Å². The van der Waals surface area contributed by atoms with Gasteiger partial charge in [-0.15, -0.1) is 11.6 Å². The van der Waals surface area contributed by atoms with Crippen LogP contribution in [0.5, 0.6) is 0 Å². The van der Waals surface area contributed by atoms with E-state index < -0.39 is 17.6 Å². The number of hydrazine groups is 1. The van der Waals surface area contributed by atoms with Gasteiger partial charge in [-0.05, 0) is 18.2 Å². The number of hydrogen-bond acceptors (Lipinski definition) is 2. The van der Waals surface area contributed by atoms with Gasteiger partial charge < -0.3 is 0 Å². The molecule has 0 spiro atoms. The molecule has 86 valence electrons. The third-order valence-electron chi connectivity index (χ3n) is 1.61. The molecular weight excluding hydrogens is 258 g/mol. The summed E-state index contributed by atoms with van der Waals surface area (Å²) in [5.41, 5.74) is 3.78. The minimum atomic E-state index is -0.785. The smallest absolute Gasteiger partial charge is 0.272 e. The number of hydrogen-bond donors (Lipinski definition) is 2. The molecule has 0 radical (unpaired) electrons. The first-order chi connectivity index (χ1) is 7.54. The van der Waals surface area contributed by atoms with Crippen LogP contribution in [0.3, 0.4) is 0 Å². The molecule has 4 nitrogen and oxygen atoms in total. The Morgan fingerprint density at radius 2 is 2.00 bits per heavy atom. The molecule has 2 amide bonds. The van der Waals surface area contributed by atoms with Crippen LogP contribution in [0.2, 0.25) is 5.02 Å². The minimum Gasteiger partial charge on any atom is -0.272 e. The first-order valence-electron chi connectivity index (χ1n) is 4.15. The number of halogens is 3. The third kappa shape index (κ3) is 3.36. The third-order valence-corrected chi connectivity index (χ3v) is 2.09. The Kier molecular flexibility index (Phi) is 4.52. The molecular formula is C9H7Cl2FN2O2. The molecule has 0 aliphatic heterocycles. The number of carbonyl (C=O) groups excluding carboxylic acids is 2. The van der Waals surface area contributed by atoms with Crippen molar-refractivity contribution in [2.75, 3.05) is 5.88 Å². The Morgan fingerprint density at radius 3 is 2.56 bits per heavy atom. The molecule has 0 aromatic heterocycles. The molecule has 1 aromatic rings. The molecule has 0 bridgehead atoms. The molecule has 7 heteroatoms. The largest absolute Gasteiger partial charge is 0.272 e. The Bertz CT molecular complexity index is 426. The number of rotatable bonds is 2. The summed E-state index contributed by atoms with van der Waals surface area (Å²) in [6, 6.07) is 3.57. The molecule has 0 saturated carbocycles. The fourth-order valence-electron chi connectivity index (χ4n) is 0.901. The van der Waals surface area contributed by atoms with Gasteiger partial charge in [-0.1, -0.05) is 11.6 Å². The molecule has 0 unspecified atom stereocenters. The molecule has 0 aliphatic carbocycles. The van der Waals surface area contributed by atoms with Gasteiger partial charge in [0.25, 0.3) is 11.8 Å². The average Bonchev–Trinajstić information content (AvgIpc) is 2.25. The van der Waals surface area contributed by atoms with Crippen LogP contribution in [0, 0.1) is 5.82 Å². The van der Waals surface area contributed by atoms with E-state index in [9.17, 15) is 14.0 Å². The van der Waals surface area contributed by atoms with Gasteiger partial charge in [0.2, 0.25) is 0 Å². The van der Waals surface area contributed by atoms with Gasteiger partial charge in [0.05, 0.1) is 5.56 Å². The van der Waals surface area contributed by atoms with Crippen LogP contribution < -0.4 is 10.9 Å². The Morgan fingerprint density at radius 1 is 1.31 bits per heavy atom. The molecule has 1 rings (SSSR count). The zero-order chi connectivity index (χ0) is 12.1. The van der Waals surface area contributed by atoms with E-state index in [1.165, 1.54) is 12.1 Å². The SMILES string of the molecule is O=C(CCl)NNC(=O)c1ccc(Cl)cc1F. The minimum absolute atomic E-state index is 0.179. The molecule has 2 N–H and O–H groups in total. The van der Waals surface area contributed by atoms with Crippen molar-refractivity contribution in [1.82, 2.24) is 10.9 Å². The van der Waals surface area contributed by atoms with Gasteiger partial charge in [-0.25, -0.2) is 4.39 Å². The van der Waals surface area contributed by atoms with Crippen molar-refractivity contribution in [1.29, 1.82) is 0 Å². The second-order valence-electron chi connectivity index (χ2n) is 2.76. The van der Waals surface area contributed by atoms with Gasteiger partial charge >= 0.3 is 0 Å². The summed E-state index contributed by atoms with van der Waals surface area (Å²) < 4.78 is 13.2. The predicted molar refractivity (Wildman–Crippen MR) is 57.7 cm³/mol.